The molecule has 2 aromatic rings. The number of amides is 1. The molecule has 28 heavy (non-hydrogen) atoms. The molecular weight excluding hydrogens is 358 g/mol. The summed E-state index contributed by atoms with van der Waals surface area (Å²) in [6.45, 7) is 7.01. The van der Waals surface area contributed by atoms with E-state index in [2.05, 4.69) is 10.6 Å². The van der Waals surface area contributed by atoms with Crippen molar-refractivity contribution in [2.45, 2.75) is 51.8 Å². The smallest absolute Gasteiger partial charge is 0.410 e. The first-order chi connectivity index (χ1) is 13.3. The van der Waals surface area contributed by atoms with Crippen molar-refractivity contribution >= 4 is 17.5 Å². The van der Waals surface area contributed by atoms with Gasteiger partial charge in [0.1, 0.15) is 17.0 Å². The molecule has 2 N–H and O–H groups in total. The lowest BCUT2D eigenvalue weighted by atomic mass is 10.1. The maximum absolute atomic E-state index is 12.4. The zero-order chi connectivity index (χ0) is 20.3. The van der Waals surface area contributed by atoms with Gasteiger partial charge in [-0.15, -0.1) is 0 Å². The van der Waals surface area contributed by atoms with Crippen LogP contribution in [0.3, 0.4) is 0 Å². The van der Waals surface area contributed by atoms with E-state index >= 15 is 0 Å². The van der Waals surface area contributed by atoms with E-state index in [0.29, 0.717) is 31.0 Å². The predicted octanol–water partition coefficient (Wildman–Crippen LogP) is 2.71. The molecule has 1 saturated heterocycles. The van der Waals surface area contributed by atoms with Crippen molar-refractivity contribution in [2.75, 3.05) is 23.7 Å². The van der Waals surface area contributed by atoms with E-state index in [-0.39, 0.29) is 12.1 Å². The molecule has 7 heteroatoms. The number of ether oxygens (including phenoxy) is 1. The normalized spacial score (nSPS) is 17.0. The standard InChI is InChI=1S/C21H27N3O4/c1-21(2,3)28-20(27)24-11-7-10-15(24)13-23-17-16(18(25)19(17)26)22-12-14-8-5-4-6-9-14/h4-6,8-9,15,22-23H,7,10-13H2,1-3H3/t15-/m0/s1. The monoisotopic (exact) mass is 385 g/mol. The summed E-state index contributed by atoms with van der Waals surface area (Å²) in [5, 5.41) is 6.12. The van der Waals surface area contributed by atoms with E-state index in [4.69, 9.17) is 4.74 Å². The number of likely N-dealkylation sites (tertiary alicyclic amines) is 1. The minimum atomic E-state index is -0.551. The van der Waals surface area contributed by atoms with Crippen LogP contribution in [0.2, 0.25) is 0 Å². The molecule has 0 unspecified atom stereocenters. The van der Waals surface area contributed by atoms with Gasteiger partial charge >= 0.3 is 6.09 Å². The van der Waals surface area contributed by atoms with E-state index in [1.807, 2.05) is 51.1 Å². The van der Waals surface area contributed by atoms with Gasteiger partial charge in [-0.05, 0) is 39.2 Å². The second kappa shape index (κ2) is 8.04. The van der Waals surface area contributed by atoms with Crippen LogP contribution in [0.4, 0.5) is 16.2 Å². The molecule has 1 aliphatic rings. The number of nitrogens with zero attached hydrogens (tertiary/aromatic N) is 1. The van der Waals surface area contributed by atoms with Crippen molar-refractivity contribution in [3.05, 3.63) is 56.3 Å². The van der Waals surface area contributed by atoms with Crippen LogP contribution in [0.5, 0.6) is 0 Å². The Morgan fingerprint density at radius 1 is 1.11 bits per heavy atom. The van der Waals surface area contributed by atoms with Gasteiger partial charge in [0.25, 0.3) is 10.9 Å². The molecular formula is C21H27N3O4. The molecule has 1 aliphatic heterocycles. The lowest BCUT2D eigenvalue weighted by Crippen LogP contribution is -2.44. The van der Waals surface area contributed by atoms with E-state index in [0.717, 1.165) is 18.4 Å². The second-order valence-electron chi connectivity index (χ2n) is 8.10. The van der Waals surface area contributed by atoms with E-state index in [1.165, 1.54) is 0 Å². The molecule has 0 saturated carbocycles. The van der Waals surface area contributed by atoms with E-state index in [9.17, 15) is 14.4 Å². The fraction of sp³-hybridized carbons (Fsp3) is 0.476. The summed E-state index contributed by atoms with van der Waals surface area (Å²) in [5.74, 6) is 0. The van der Waals surface area contributed by atoms with Crippen molar-refractivity contribution in [3.8, 4) is 0 Å². The Morgan fingerprint density at radius 3 is 2.39 bits per heavy atom. The summed E-state index contributed by atoms with van der Waals surface area (Å²) in [7, 11) is 0. The molecule has 1 fully saturated rings. The van der Waals surface area contributed by atoms with Crippen LogP contribution in [-0.4, -0.2) is 35.7 Å². The van der Waals surface area contributed by atoms with Crippen molar-refractivity contribution in [3.63, 3.8) is 0 Å². The predicted molar refractivity (Wildman–Crippen MR) is 110 cm³/mol. The van der Waals surface area contributed by atoms with Crippen LogP contribution >= 0.6 is 0 Å². The largest absolute Gasteiger partial charge is 0.444 e. The van der Waals surface area contributed by atoms with Gasteiger partial charge in [-0.25, -0.2) is 4.79 Å². The minimum absolute atomic E-state index is 0.0683. The minimum Gasteiger partial charge on any atom is -0.444 e. The van der Waals surface area contributed by atoms with Crippen LogP contribution < -0.4 is 21.5 Å². The number of anilines is 2. The Labute approximate surface area is 164 Å². The Bertz CT molecular complexity index is 895. The van der Waals surface area contributed by atoms with Gasteiger partial charge in [0.15, 0.2) is 0 Å². The fourth-order valence-corrected chi connectivity index (χ4v) is 3.34. The maximum atomic E-state index is 12.4. The van der Waals surface area contributed by atoms with Gasteiger partial charge in [0.2, 0.25) is 0 Å². The van der Waals surface area contributed by atoms with Gasteiger partial charge in [-0.1, -0.05) is 30.3 Å². The van der Waals surface area contributed by atoms with Gasteiger partial charge in [-0.3, -0.25) is 9.59 Å². The summed E-state index contributed by atoms with van der Waals surface area (Å²) < 4.78 is 5.46. The van der Waals surface area contributed by atoms with Gasteiger partial charge < -0.3 is 20.3 Å². The fourth-order valence-electron chi connectivity index (χ4n) is 3.34. The average Bonchev–Trinajstić information content (AvgIpc) is 3.11. The first-order valence-electron chi connectivity index (χ1n) is 9.61. The third-order valence-electron chi connectivity index (χ3n) is 4.74. The molecule has 0 spiro atoms. The lowest BCUT2D eigenvalue weighted by molar-refractivity contribution is 0.0235. The molecule has 1 amide bonds. The van der Waals surface area contributed by atoms with Crippen LogP contribution in [-0.2, 0) is 11.3 Å². The number of benzene rings is 1. The molecule has 0 radical (unpaired) electrons. The number of hydrogen-bond acceptors (Lipinski definition) is 6. The average molecular weight is 385 g/mol. The van der Waals surface area contributed by atoms with Crippen molar-refractivity contribution in [1.29, 1.82) is 0 Å². The molecule has 0 aliphatic carbocycles. The first-order valence-corrected chi connectivity index (χ1v) is 9.61. The topological polar surface area (TPSA) is 87.7 Å². The highest BCUT2D eigenvalue weighted by Crippen LogP contribution is 2.22. The summed E-state index contributed by atoms with van der Waals surface area (Å²) in [5.41, 5.74) is 0.0673. The van der Waals surface area contributed by atoms with Crippen molar-refractivity contribution < 1.29 is 9.53 Å². The summed E-state index contributed by atoms with van der Waals surface area (Å²) in [6, 6.07) is 9.59. The highest BCUT2D eigenvalue weighted by atomic mass is 16.6. The maximum Gasteiger partial charge on any atom is 0.410 e. The Morgan fingerprint density at radius 2 is 1.75 bits per heavy atom. The first kappa shape index (κ1) is 19.9. The second-order valence-corrected chi connectivity index (χ2v) is 8.10. The lowest BCUT2D eigenvalue weighted by Gasteiger charge is -2.29. The Hall–Kier alpha value is -2.83. The highest BCUT2D eigenvalue weighted by Gasteiger charge is 2.32. The summed E-state index contributed by atoms with van der Waals surface area (Å²) in [6.07, 6.45) is 1.37. The van der Waals surface area contributed by atoms with Crippen molar-refractivity contribution in [1.82, 2.24) is 4.90 Å². The van der Waals surface area contributed by atoms with Crippen LogP contribution in [0.1, 0.15) is 39.2 Å². The Balaban J connectivity index is 1.60. The molecule has 1 atom stereocenters. The summed E-state index contributed by atoms with van der Waals surface area (Å²) in [4.78, 5) is 38.0. The van der Waals surface area contributed by atoms with Crippen LogP contribution in [0.25, 0.3) is 0 Å². The number of carbonyl (C=O) groups excluding carboxylic acids is 1. The molecule has 1 heterocycles. The zero-order valence-electron chi connectivity index (χ0n) is 16.6. The number of carbonyl (C=O) groups is 1. The third kappa shape index (κ3) is 4.52. The van der Waals surface area contributed by atoms with E-state index in [1.54, 1.807) is 4.90 Å². The van der Waals surface area contributed by atoms with Gasteiger partial charge in [0.05, 0.1) is 6.04 Å². The quantitative estimate of drug-likeness (QED) is 0.744. The SMILES string of the molecule is CC(C)(C)OC(=O)N1CCC[C@H]1CNc1c(NCc2ccccc2)c(=O)c1=O. The number of hydrogen-bond donors (Lipinski definition) is 2. The Kier molecular flexibility index (Phi) is 5.72. The molecule has 150 valence electrons. The van der Waals surface area contributed by atoms with E-state index < -0.39 is 16.5 Å². The van der Waals surface area contributed by atoms with Crippen LogP contribution in [0, 0.1) is 0 Å². The molecule has 2 aromatic carbocycles. The zero-order valence-corrected chi connectivity index (χ0v) is 16.6. The van der Waals surface area contributed by atoms with Gasteiger partial charge in [-0.2, -0.15) is 0 Å². The molecule has 0 aromatic heterocycles. The third-order valence-corrected chi connectivity index (χ3v) is 4.74. The summed E-state index contributed by atoms with van der Waals surface area (Å²) >= 11 is 0. The van der Waals surface area contributed by atoms with Crippen LogP contribution in [0.15, 0.2) is 39.9 Å². The van der Waals surface area contributed by atoms with Gasteiger partial charge in [0, 0.05) is 19.6 Å². The number of rotatable bonds is 6. The molecule has 7 nitrogen and oxygen atoms in total. The highest BCUT2D eigenvalue weighted by molar-refractivity contribution is 5.74. The molecule has 0 bridgehead atoms. The molecule has 3 rings (SSSR count). The number of nitrogens with one attached hydrogen (secondary N) is 2. The van der Waals surface area contributed by atoms with Crippen molar-refractivity contribution in [2.24, 2.45) is 0 Å².